The number of para-hydroxylation sites is 2. The average molecular weight is 347 g/mol. The second kappa shape index (κ2) is 6.73. The van der Waals surface area contributed by atoms with Gasteiger partial charge in [0.15, 0.2) is 0 Å². The van der Waals surface area contributed by atoms with Crippen LogP contribution in [0.2, 0.25) is 5.02 Å². The summed E-state index contributed by atoms with van der Waals surface area (Å²) in [6.07, 6.45) is 0.828. The molecule has 1 aromatic heterocycles. The Hall–Kier alpha value is -2.58. The Kier molecular flexibility index (Phi) is 4.29. The number of imidazole rings is 1. The fraction of sp³-hybridized carbons (Fsp3) is 0.136. The van der Waals surface area contributed by atoms with Crippen LogP contribution < -0.4 is 0 Å². The third-order valence-electron chi connectivity index (χ3n) is 4.60. The molecule has 3 heteroatoms. The molecule has 0 aliphatic carbocycles. The van der Waals surface area contributed by atoms with Gasteiger partial charge >= 0.3 is 0 Å². The first-order valence-corrected chi connectivity index (χ1v) is 8.81. The summed E-state index contributed by atoms with van der Waals surface area (Å²) in [5, 5.41) is 0.763. The van der Waals surface area contributed by atoms with E-state index in [0.717, 1.165) is 29.3 Å². The van der Waals surface area contributed by atoms with Crippen molar-refractivity contribution in [3.05, 3.63) is 100 Å². The smallest absolute Gasteiger partial charge is 0.114 e. The molecule has 0 aliphatic heterocycles. The summed E-state index contributed by atoms with van der Waals surface area (Å²) in [7, 11) is 0. The molecule has 0 unspecified atom stereocenters. The first kappa shape index (κ1) is 15.9. The largest absolute Gasteiger partial charge is 0.323 e. The van der Waals surface area contributed by atoms with Crippen LogP contribution in [0.1, 0.15) is 22.5 Å². The van der Waals surface area contributed by atoms with Crippen molar-refractivity contribution in [1.82, 2.24) is 9.55 Å². The molecular weight excluding hydrogens is 328 g/mol. The van der Waals surface area contributed by atoms with E-state index >= 15 is 0 Å². The van der Waals surface area contributed by atoms with Crippen molar-refractivity contribution >= 4 is 22.6 Å². The number of aryl methyl sites for hydroxylation is 1. The number of hydrogen-bond acceptors (Lipinski definition) is 1. The first-order chi connectivity index (χ1) is 12.2. The Balaban J connectivity index is 1.78. The van der Waals surface area contributed by atoms with E-state index in [1.165, 1.54) is 22.2 Å². The van der Waals surface area contributed by atoms with Crippen LogP contribution in [-0.2, 0) is 13.0 Å². The fourth-order valence-corrected chi connectivity index (χ4v) is 3.31. The summed E-state index contributed by atoms with van der Waals surface area (Å²) >= 11 is 6.03. The molecule has 0 aliphatic rings. The molecule has 0 bridgehead atoms. The maximum absolute atomic E-state index is 6.03. The molecule has 4 rings (SSSR count). The van der Waals surface area contributed by atoms with Crippen LogP contribution in [0.5, 0.6) is 0 Å². The zero-order valence-corrected chi connectivity index (χ0v) is 14.9. The molecule has 25 heavy (non-hydrogen) atoms. The van der Waals surface area contributed by atoms with Crippen LogP contribution in [0.15, 0.2) is 72.8 Å². The standard InChI is InChI=1S/C22H19ClN2/c1-16-6-2-3-7-18(16)14-22-24-20-8-4-5-9-21(20)25(22)15-17-10-12-19(23)13-11-17/h2-13H,14-15H2,1H3. The van der Waals surface area contributed by atoms with E-state index in [1.807, 2.05) is 18.2 Å². The lowest BCUT2D eigenvalue weighted by Crippen LogP contribution is -2.06. The minimum atomic E-state index is 0.763. The lowest BCUT2D eigenvalue weighted by molar-refractivity contribution is 0.761. The van der Waals surface area contributed by atoms with Crippen molar-refractivity contribution < 1.29 is 0 Å². The Morgan fingerprint density at radius 2 is 1.60 bits per heavy atom. The van der Waals surface area contributed by atoms with Crippen LogP contribution in [0.25, 0.3) is 11.0 Å². The number of halogens is 1. The van der Waals surface area contributed by atoms with Gasteiger partial charge in [-0.1, -0.05) is 60.1 Å². The van der Waals surface area contributed by atoms with Gasteiger partial charge in [-0.25, -0.2) is 4.98 Å². The topological polar surface area (TPSA) is 17.8 Å². The second-order valence-electron chi connectivity index (χ2n) is 6.33. The summed E-state index contributed by atoms with van der Waals surface area (Å²) in [6, 6.07) is 24.9. The lowest BCUT2D eigenvalue weighted by Gasteiger charge is -2.11. The summed E-state index contributed by atoms with van der Waals surface area (Å²) in [5.74, 6) is 1.09. The van der Waals surface area contributed by atoms with Crippen molar-refractivity contribution in [1.29, 1.82) is 0 Å². The third-order valence-corrected chi connectivity index (χ3v) is 4.85. The van der Waals surface area contributed by atoms with E-state index in [4.69, 9.17) is 16.6 Å². The normalized spacial score (nSPS) is 11.1. The fourth-order valence-electron chi connectivity index (χ4n) is 3.19. The molecule has 1 heterocycles. The van der Waals surface area contributed by atoms with Gasteiger partial charge in [0.05, 0.1) is 11.0 Å². The number of hydrogen-bond donors (Lipinski definition) is 0. The highest BCUT2D eigenvalue weighted by atomic mass is 35.5. The lowest BCUT2D eigenvalue weighted by atomic mass is 10.1. The van der Waals surface area contributed by atoms with Gasteiger partial charge in [-0.3, -0.25) is 0 Å². The molecule has 0 amide bonds. The molecule has 0 saturated heterocycles. The van der Waals surface area contributed by atoms with Crippen LogP contribution >= 0.6 is 11.6 Å². The molecule has 0 saturated carbocycles. The second-order valence-corrected chi connectivity index (χ2v) is 6.77. The van der Waals surface area contributed by atoms with Gasteiger partial charge in [-0.2, -0.15) is 0 Å². The number of fused-ring (bicyclic) bond motifs is 1. The van der Waals surface area contributed by atoms with Gasteiger partial charge in [-0.15, -0.1) is 0 Å². The van der Waals surface area contributed by atoms with Gasteiger partial charge in [0.1, 0.15) is 5.82 Å². The highest BCUT2D eigenvalue weighted by molar-refractivity contribution is 6.30. The Morgan fingerprint density at radius 1 is 0.880 bits per heavy atom. The molecule has 0 radical (unpaired) electrons. The van der Waals surface area contributed by atoms with E-state index in [9.17, 15) is 0 Å². The zero-order chi connectivity index (χ0) is 17.2. The van der Waals surface area contributed by atoms with Crippen molar-refractivity contribution in [3.8, 4) is 0 Å². The Bertz CT molecular complexity index is 1020. The highest BCUT2D eigenvalue weighted by Gasteiger charge is 2.12. The Labute approximate surface area is 152 Å². The summed E-state index contributed by atoms with van der Waals surface area (Å²) in [4.78, 5) is 4.90. The Morgan fingerprint density at radius 3 is 2.40 bits per heavy atom. The van der Waals surface area contributed by atoms with E-state index in [2.05, 4.69) is 66.1 Å². The number of nitrogens with zero attached hydrogens (tertiary/aromatic N) is 2. The molecule has 0 atom stereocenters. The van der Waals surface area contributed by atoms with E-state index in [0.29, 0.717) is 0 Å². The zero-order valence-electron chi connectivity index (χ0n) is 14.1. The van der Waals surface area contributed by atoms with E-state index < -0.39 is 0 Å². The molecule has 0 spiro atoms. The van der Waals surface area contributed by atoms with Crippen LogP contribution in [0, 0.1) is 6.92 Å². The van der Waals surface area contributed by atoms with Crippen LogP contribution in [0.3, 0.4) is 0 Å². The summed E-state index contributed by atoms with van der Waals surface area (Å²) in [5.41, 5.74) is 6.04. The molecule has 2 nitrogen and oxygen atoms in total. The number of benzene rings is 3. The summed E-state index contributed by atoms with van der Waals surface area (Å²) < 4.78 is 2.31. The van der Waals surface area contributed by atoms with Crippen molar-refractivity contribution in [2.24, 2.45) is 0 Å². The first-order valence-electron chi connectivity index (χ1n) is 8.44. The molecule has 4 aromatic rings. The predicted molar refractivity (Wildman–Crippen MR) is 104 cm³/mol. The summed E-state index contributed by atoms with van der Waals surface area (Å²) in [6.45, 7) is 2.94. The minimum Gasteiger partial charge on any atom is -0.323 e. The van der Waals surface area contributed by atoms with Gasteiger partial charge < -0.3 is 4.57 Å². The molecule has 0 fully saturated rings. The van der Waals surface area contributed by atoms with E-state index in [1.54, 1.807) is 0 Å². The SMILES string of the molecule is Cc1ccccc1Cc1nc2ccccc2n1Cc1ccc(Cl)cc1. The van der Waals surface area contributed by atoms with Crippen molar-refractivity contribution in [2.75, 3.05) is 0 Å². The minimum absolute atomic E-state index is 0.763. The van der Waals surface area contributed by atoms with Gasteiger partial charge in [-0.05, 0) is 47.9 Å². The van der Waals surface area contributed by atoms with Gasteiger partial charge in [0.25, 0.3) is 0 Å². The van der Waals surface area contributed by atoms with Crippen molar-refractivity contribution in [2.45, 2.75) is 19.9 Å². The third kappa shape index (κ3) is 3.31. The van der Waals surface area contributed by atoms with E-state index in [-0.39, 0.29) is 0 Å². The average Bonchev–Trinajstić information content (AvgIpc) is 2.96. The quantitative estimate of drug-likeness (QED) is 0.467. The maximum atomic E-state index is 6.03. The predicted octanol–water partition coefficient (Wildman–Crippen LogP) is 5.64. The monoisotopic (exact) mass is 346 g/mol. The maximum Gasteiger partial charge on any atom is 0.114 e. The molecule has 0 N–H and O–H groups in total. The van der Waals surface area contributed by atoms with Gasteiger partial charge in [0, 0.05) is 18.0 Å². The molecule has 124 valence electrons. The number of aromatic nitrogens is 2. The van der Waals surface area contributed by atoms with Crippen molar-refractivity contribution in [3.63, 3.8) is 0 Å². The molecule has 3 aromatic carbocycles. The molecular formula is C22H19ClN2. The number of rotatable bonds is 4. The van der Waals surface area contributed by atoms with Crippen LogP contribution in [0.4, 0.5) is 0 Å². The highest BCUT2D eigenvalue weighted by Crippen LogP contribution is 2.22. The van der Waals surface area contributed by atoms with Crippen LogP contribution in [-0.4, -0.2) is 9.55 Å². The van der Waals surface area contributed by atoms with Gasteiger partial charge in [0.2, 0.25) is 0 Å².